The number of carbonyl (C=O) groups is 1. The SMILES string of the molecule is [CH]C(=O)c1ccc(CN(C)C)cc1. The lowest BCUT2D eigenvalue weighted by molar-refractivity contribution is 0.104. The highest BCUT2D eigenvalue weighted by atomic mass is 16.1. The van der Waals surface area contributed by atoms with E-state index in [2.05, 4.69) is 4.90 Å². The van der Waals surface area contributed by atoms with Gasteiger partial charge in [-0.15, -0.1) is 0 Å². The van der Waals surface area contributed by atoms with Crippen LogP contribution < -0.4 is 0 Å². The van der Waals surface area contributed by atoms with Gasteiger partial charge in [0.05, 0.1) is 0 Å². The van der Waals surface area contributed by atoms with E-state index < -0.39 is 0 Å². The molecule has 0 saturated carbocycles. The first-order chi connectivity index (χ1) is 6.09. The van der Waals surface area contributed by atoms with Gasteiger partial charge in [0.15, 0.2) is 5.78 Å². The standard InChI is InChI=1S/C11H13NO/c1-9(13)11-6-4-10(5-7-11)8-12(2)3/h1,4-7H,8H2,2-3H3. The quantitative estimate of drug-likeness (QED) is 0.651. The molecule has 0 aromatic heterocycles. The minimum absolute atomic E-state index is 0.378. The van der Waals surface area contributed by atoms with Crippen molar-refractivity contribution in [2.45, 2.75) is 6.54 Å². The van der Waals surface area contributed by atoms with Crippen molar-refractivity contribution < 1.29 is 4.79 Å². The first kappa shape index (κ1) is 9.93. The summed E-state index contributed by atoms with van der Waals surface area (Å²) in [4.78, 5) is 12.8. The number of ketones is 1. The monoisotopic (exact) mass is 175 g/mol. The van der Waals surface area contributed by atoms with Crippen LogP contribution in [0, 0.1) is 6.92 Å². The fourth-order valence-corrected chi connectivity index (χ4v) is 1.14. The van der Waals surface area contributed by atoms with Gasteiger partial charge in [-0.05, 0) is 19.7 Å². The number of hydrogen-bond donors (Lipinski definition) is 0. The zero-order chi connectivity index (χ0) is 9.84. The van der Waals surface area contributed by atoms with Crippen molar-refractivity contribution in [2.75, 3.05) is 14.1 Å². The van der Waals surface area contributed by atoms with Crippen molar-refractivity contribution in [1.82, 2.24) is 4.90 Å². The van der Waals surface area contributed by atoms with Gasteiger partial charge >= 0.3 is 0 Å². The average Bonchev–Trinajstić information content (AvgIpc) is 2.04. The predicted octanol–water partition coefficient (Wildman–Crippen LogP) is 1.64. The normalized spacial score (nSPS) is 10.5. The summed E-state index contributed by atoms with van der Waals surface area (Å²) in [5, 5.41) is 0. The fraction of sp³-hybridized carbons (Fsp3) is 0.273. The van der Waals surface area contributed by atoms with Crippen LogP contribution in [-0.2, 0) is 6.54 Å². The molecule has 0 aliphatic heterocycles. The molecule has 0 aliphatic carbocycles. The molecule has 2 nitrogen and oxygen atoms in total. The summed E-state index contributed by atoms with van der Waals surface area (Å²) < 4.78 is 0. The maximum Gasteiger partial charge on any atom is 0.167 e. The van der Waals surface area contributed by atoms with E-state index in [0.717, 1.165) is 6.54 Å². The molecular formula is C11H13NO. The molecule has 0 saturated heterocycles. The van der Waals surface area contributed by atoms with Gasteiger partial charge in [-0.2, -0.15) is 0 Å². The molecule has 13 heavy (non-hydrogen) atoms. The Kier molecular flexibility index (Phi) is 3.20. The number of Topliss-reactive ketones (excluding diaryl/α,β-unsaturated/α-hetero) is 1. The highest BCUT2D eigenvalue weighted by molar-refractivity contribution is 5.99. The summed E-state index contributed by atoms with van der Waals surface area (Å²) in [6.45, 7) is 5.99. The van der Waals surface area contributed by atoms with Crippen LogP contribution in [0.3, 0.4) is 0 Å². The Balaban J connectivity index is 2.75. The van der Waals surface area contributed by atoms with Crippen molar-refractivity contribution in [3.63, 3.8) is 0 Å². The second kappa shape index (κ2) is 4.19. The number of rotatable bonds is 3. The number of benzene rings is 1. The first-order valence-electron chi connectivity index (χ1n) is 4.13. The van der Waals surface area contributed by atoms with Crippen LogP contribution in [0.2, 0.25) is 0 Å². The Morgan fingerprint density at radius 3 is 2.23 bits per heavy atom. The summed E-state index contributed by atoms with van der Waals surface area (Å²) in [7, 11) is 4.00. The molecule has 2 heteroatoms. The fourth-order valence-electron chi connectivity index (χ4n) is 1.14. The molecule has 0 heterocycles. The van der Waals surface area contributed by atoms with Crippen molar-refractivity contribution in [3.8, 4) is 0 Å². The Labute approximate surface area is 79.2 Å². The van der Waals surface area contributed by atoms with Crippen LogP contribution >= 0.6 is 0 Å². The van der Waals surface area contributed by atoms with Gasteiger partial charge in [-0.3, -0.25) is 4.79 Å². The zero-order valence-corrected chi connectivity index (χ0v) is 7.95. The van der Waals surface area contributed by atoms with E-state index in [1.807, 2.05) is 26.2 Å². The van der Waals surface area contributed by atoms with Crippen molar-refractivity contribution >= 4 is 5.78 Å². The average molecular weight is 175 g/mol. The van der Waals surface area contributed by atoms with Crippen LogP contribution in [-0.4, -0.2) is 24.8 Å². The van der Waals surface area contributed by atoms with E-state index in [1.165, 1.54) is 5.56 Å². The van der Waals surface area contributed by atoms with Crippen LogP contribution in [0.1, 0.15) is 15.9 Å². The van der Waals surface area contributed by atoms with Crippen molar-refractivity contribution in [2.24, 2.45) is 0 Å². The van der Waals surface area contributed by atoms with Crippen LogP contribution in [0.5, 0.6) is 0 Å². The van der Waals surface area contributed by atoms with Crippen molar-refractivity contribution in [3.05, 3.63) is 42.3 Å². The maximum absolute atomic E-state index is 10.7. The van der Waals surface area contributed by atoms with Gasteiger partial charge in [0.1, 0.15) is 0 Å². The topological polar surface area (TPSA) is 20.3 Å². The lowest BCUT2D eigenvalue weighted by Crippen LogP contribution is -2.10. The second-order valence-electron chi connectivity index (χ2n) is 3.30. The van der Waals surface area contributed by atoms with Gasteiger partial charge in [0, 0.05) is 19.0 Å². The van der Waals surface area contributed by atoms with E-state index in [-0.39, 0.29) is 5.78 Å². The molecule has 0 atom stereocenters. The maximum atomic E-state index is 10.7. The number of carbonyl (C=O) groups excluding carboxylic acids is 1. The molecule has 0 N–H and O–H groups in total. The molecule has 0 spiro atoms. The number of nitrogens with zero attached hydrogens (tertiary/aromatic N) is 1. The molecule has 0 bridgehead atoms. The predicted molar refractivity (Wildman–Crippen MR) is 52.5 cm³/mol. The van der Waals surface area contributed by atoms with E-state index in [9.17, 15) is 4.79 Å². The molecule has 1 aromatic rings. The largest absolute Gasteiger partial charge is 0.305 e. The van der Waals surface area contributed by atoms with Gasteiger partial charge in [-0.1, -0.05) is 24.3 Å². The molecule has 0 amide bonds. The lowest BCUT2D eigenvalue weighted by atomic mass is 10.1. The van der Waals surface area contributed by atoms with Crippen LogP contribution in [0.4, 0.5) is 0 Å². The second-order valence-corrected chi connectivity index (χ2v) is 3.30. The summed E-state index contributed by atoms with van der Waals surface area (Å²) >= 11 is 0. The van der Waals surface area contributed by atoms with E-state index in [1.54, 1.807) is 12.1 Å². The molecule has 1 aromatic carbocycles. The number of hydrogen-bond acceptors (Lipinski definition) is 2. The summed E-state index contributed by atoms with van der Waals surface area (Å²) in [6, 6.07) is 7.34. The van der Waals surface area contributed by atoms with Gasteiger partial charge in [0.25, 0.3) is 0 Å². The molecular weight excluding hydrogens is 162 g/mol. The van der Waals surface area contributed by atoms with Gasteiger partial charge in [-0.25, -0.2) is 0 Å². The molecule has 2 radical (unpaired) electrons. The van der Waals surface area contributed by atoms with E-state index in [4.69, 9.17) is 6.92 Å². The Morgan fingerprint density at radius 1 is 1.31 bits per heavy atom. The zero-order valence-electron chi connectivity index (χ0n) is 7.95. The minimum atomic E-state index is -0.378. The molecule has 0 unspecified atom stereocenters. The van der Waals surface area contributed by atoms with Crippen molar-refractivity contribution in [1.29, 1.82) is 0 Å². The lowest BCUT2D eigenvalue weighted by Gasteiger charge is -2.09. The van der Waals surface area contributed by atoms with Crippen LogP contribution in [0.25, 0.3) is 0 Å². The molecule has 0 aliphatic rings. The van der Waals surface area contributed by atoms with E-state index >= 15 is 0 Å². The van der Waals surface area contributed by atoms with Gasteiger partial charge in [0.2, 0.25) is 0 Å². The third-order valence-electron chi connectivity index (χ3n) is 1.74. The van der Waals surface area contributed by atoms with Gasteiger partial charge < -0.3 is 4.90 Å². The first-order valence-corrected chi connectivity index (χ1v) is 4.13. The minimum Gasteiger partial charge on any atom is -0.305 e. The highest BCUT2D eigenvalue weighted by Crippen LogP contribution is 2.06. The molecule has 68 valence electrons. The smallest absolute Gasteiger partial charge is 0.167 e. The summed E-state index contributed by atoms with van der Waals surface area (Å²) in [5.74, 6) is -0.378. The van der Waals surface area contributed by atoms with E-state index in [0.29, 0.717) is 5.56 Å². The Bertz CT molecular complexity index is 287. The summed E-state index contributed by atoms with van der Waals surface area (Å²) in [6.07, 6.45) is 0. The third kappa shape index (κ3) is 2.99. The Hall–Kier alpha value is -1.15. The summed E-state index contributed by atoms with van der Waals surface area (Å²) in [5.41, 5.74) is 1.73. The third-order valence-corrected chi connectivity index (χ3v) is 1.74. The Morgan fingerprint density at radius 2 is 1.85 bits per heavy atom. The molecule has 0 fully saturated rings. The highest BCUT2D eigenvalue weighted by Gasteiger charge is 1.99. The molecule has 1 rings (SSSR count). The van der Waals surface area contributed by atoms with Crippen LogP contribution in [0.15, 0.2) is 24.3 Å².